The van der Waals surface area contributed by atoms with Crippen LogP contribution < -0.4 is 15.8 Å². The summed E-state index contributed by atoms with van der Waals surface area (Å²) in [6, 6.07) is 5.38. The Hall–Kier alpha value is -1.62. The van der Waals surface area contributed by atoms with Crippen LogP contribution in [0.3, 0.4) is 0 Å². The summed E-state index contributed by atoms with van der Waals surface area (Å²) < 4.78 is 5.29. The number of anilines is 1. The van der Waals surface area contributed by atoms with Crippen molar-refractivity contribution in [2.75, 3.05) is 12.4 Å². The average Bonchev–Trinajstić information content (AvgIpc) is 2.98. The van der Waals surface area contributed by atoms with E-state index in [-0.39, 0.29) is 10.9 Å². The Morgan fingerprint density at radius 2 is 2.14 bits per heavy atom. The first-order valence-electron chi connectivity index (χ1n) is 7.38. The van der Waals surface area contributed by atoms with Gasteiger partial charge in [-0.25, -0.2) is 0 Å². The molecule has 114 valence electrons. The summed E-state index contributed by atoms with van der Waals surface area (Å²) in [6.45, 7) is 0. The van der Waals surface area contributed by atoms with Crippen molar-refractivity contribution >= 4 is 28.8 Å². The summed E-state index contributed by atoms with van der Waals surface area (Å²) in [7, 11) is 1.56. The van der Waals surface area contributed by atoms with Gasteiger partial charge in [0, 0.05) is 12.0 Å². The molecule has 0 aromatic heterocycles. The molecule has 0 saturated heterocycles. The van der Waals surface area contributed by atoms with E-state index in [0.717, 1.165) is 6.42 Å². The van der Waals surface area contributed by atoms with E-state index in [4.69, 9.17) is 22.7 Å². The number of carbonyl (C=O) groups excluding carboxylic acids is 1. The van der Waals surface area contributed by atoms with Gasteiger partial charge in [0.15, 0.2) is 0 Å². The van der Waals surface area contributed by atoms with E-state index in [0.29, 0.717) is 29.3 Å². The van der Waals surface area contributed by atoms with Crippen molar-refractivity contribution in [2.45, 2.75) is 38.5 Å². The van der Waals surface area contributed by atoms with Crippen LogP contribution in [0.2, 0.25) is 0 Å². The second-order valence-electron chi connectivity index (χ2n) is 5.48. The van der Waals surface area contributed by atoms with Crippen LogP contribution in [0.5, 0.6) is 5.75 Å². The molecule has 21 heavy (non-hydrogen) atoms. The minimum Gasteiger partial charge on any atom is -0.495 e. The smallest absolute Gasteiger partial charge is 0.224 e. The summed E-state index contributed by atoms with van der Waals surface area (Å²) in [6.07, 6.45) is 6.57. The predicted octanol–water partition coefficient (Wildman–Crippen LogP) is 3.24. The second-order valence-corrected chi connectivity index (χ2v) is 5.92. The van der Waals surface area contributed by atoms with Gasteiger partial charge in [0.05, 0.1) is 12.8 Å². The average molecular weight is 306 g/mol. The van der Waals surface area contributed by atoms with Crippen molar-refractivity contribution < 1.29 is 9.53 Å². The lowest BCUT2D eigenvalue weighted by molar-refractivity contribution is -0.116. The first-order chi connectivity index (χ1) is 10.1. The summed E-state index contributed by atoms with van der Waals surface area (Å²) in [5.74, 6) is 1.27. The lowest BCUT2D eigenvalue weighted by atomic mass is 10.0. The summed E-state index contributed by atoms with van der Waals surface area (Å²) in [5, 5.41) is 2.90. The van der Waals surface area contributed by atoms with E-state index in [1.807, 2.05) is 6.07 Å². The number of ether oxygens (including phenoxy) is 1. The molecule has 4 nitrogen and oxygen atoms in total. The quantitative estimate of drug-likeness (QED) is 0.792. The minimum absolute atomic E-state index is 0.0103. The monoisotopic (exact) mass is 306 g/mol. The maximum absolute atomic E-state index is 12.2. The van der Waals surface area contributed by atoms with Crippen molar-refractivity contribution in [2.24, 2.45) is 11.7 Å². The third-order valence-corrected chi connectivity index (χ3v) is 4.25. The molecule has 0 unspecified atom stereocenters. The number of carbonyl (C=O) groups is 1. The number of benzene rings is 1. The Kier molecular flexibility index (Phi) is 5.56. The summed E-state index contributed by atoms with van der Waals surface area (Å²) >= 11 is 5.03. The maximum atomic E-state index is 12.2. The van der Waals surface area contributed by atoms with Gasteiger partial charge < -0.3 is 15.8 Å². The van der Waals surface area contributed by atoms with Gasteiger partial charge in [-0.1, -0.05) is 44.0 Å². The first-order valence-corrected chi connectivity index (χ1v) is 7.79. The molecule has 3 N–H and O–H groups in total. The molecule has 0 radical (unpaired) electrons. The number of methoxy groups -OCH3 is 1. The van der Waals surface area contributed by atoms with Crippen molar-refractivity contribution in [3.63, 3.8) is 0 Å². The number of nitrogens with two attached hydrogens (primary N) is 1. The van der Waals surface area contributed by atoms with Gasteiger partial charge >= 0.3 is 0 Å². The molecule has 1 saturated carbocycles. The lowest BCUT2D eigenvalue weighted by Crippen LogP contribution is -2.18. The zero-order valence-corrected chi connectivity index (χ0v) is 13.2. The number of para-hydroxylation sites is 1. The van der Waals surface area contributed by atoms with Crippen LogP contribution in [-0.4, -0.2) is 18.0 Å². The molecular weight excluding hydrogens is 284 g/mol. The lowest BCUT2D eigenvalue weighted by Gasteiger charge is -2.15. The Labute approximate surface area is 131 Å². The van der Waals surface area contributed by atoms with Crippen LogP contribution >= 0.6 is 12.2 Å². The number of thiocarbonyl (C=S) groups is 1. The Morgan fingerprint density at radius 1 is 1.43 bits per heavy atom. The van der Waals surface area contributed by atoms with Crippen LogP contribution in [0, 0.1) is 5.92 Å². The van der Waals surface area contributed by atoms with Crippen LogP contribution in [0.4, 0.5) is 5.69 Å². The molecular formula is C16H22N2O2S. The maximum Gasteiger partial charge on any atom is 0.224 e. The molecule has 0 heterocycles. The fraction of sp³-hybridized carbons (Fsp3) is 0.500. The molecule has 0 aliphatic heterocycles. The zero-order valence-electron chi connectivity index (χ0n) is 12.4. The third-order valence-electron chi connectivity index (χ3n) is 4.03. The van der Waals surface area contributed by atoms with E-state index in [9.17, 15) is 4.79 Å². The van der Waals surface area contributed by atoms with Crippen LogP contribution in [0.15, 0.2) is 18.2 Å². The molecule has 0 atom stereocenters. The standard InChI is InChI=1S/C16H22N2O2S/c1-20-13-8-4-7-12(16(17)21)15(13)18-14(19)10-9-11-5-2-3-6-11/h4,7-8,11H,2-3,5-6,9-10H2,1H3,(H2,17,21)(H,18,19). The molecule has 1 aliphatic carbocycles. The summed E-state index contributed by atoms with van der Waals surface area (Å²) in [4.78, 5) is 12.4. The van der Waals surface area contributed by atoms with Gasteiger partial charge in [-0.2, -0.15) is 0 Å². The van der Waals surface area contributed by atoms with Gasteiger partial charge in [-0.3, -0.25) is 4.79 Å². The van der Waals surface area contributed by atoms with Gasteiger partial charge in [0.2, 0.25) is 5.91 Å². The Bertz CT molecular complexity index is 525. The van der Waals surface area contributed by atoms with E-state index in [1.165, 1.54) is 25.7 Å². The fourth-order valence-electron chi connectivity index (χ4n) is 2.87. The molecule has 5 heteroatoms. The molecule has 1 aromatic rings. The number of rotatable bonds is 6. The minimum atomic E-state index is -0.0103. The largest absolute Gasteiger partial charge is 0.495 e. The second kappa shape index (κ2) is 7.41. The number of hydrogen-bond donors (Lipinski definition) is 2. The molecule has 2 rings (SSSR count). The first kappa shape index (κ1) is 15.8. The molecule has 1 aromatic carbocycles. The highest BCUT2D eigenvalue weighted by atomic mass is 32.1. The van der Waals surface area contributed by atoms with E-state index in [1.54, 1.807) is 19.2 Å². The van der Waals surface area contributed by atoms with Gasteiger partial charge in [-0.15, -0.1) is 0 Å². The fourth-order valence-corrected chi connectivity index (χ4v) is 3.04. The van der Waals surface area contributed by atoms with E-state index in [2.05, 4.69) is 5.32 Å². The SMILES string of the molecule is COc1cccc(C(N)=S)c1NC(=O)CCC1CCCC1. The molecule has 1 fully saturated rings. The summed E-state index contributed by atoms with van der Waals surface area (Å²) in [5.41, 5.74) is 6.92. The molecule has 0 bridgehead atoms. The van der Waals surface area contributed by atoms with Crippen molar-refractivity contribution in [1.29, 1.82) is 0 Å². The van der Waals surface area contributed by atoms with Crippen LogP contribution in [0.25, 0.3) is 0 Å². The highest BCUT2D eigenvalue weighted by Crippen LogP contribution is 2.30. The molecule has 0 spiro atoms. The molecule has 1 amide bonds. The molecule has 1 aliphatic rings. The highest BCUT2D eigenvalue weighted by molar-refractivity contribution is 7.80. The van der Waals surface area contributed by atoms with Crippen molar-refractivity contribution in [3.05, 3.63) is 23.8 Å². The van der Waals surface area contributed by atoms with Crippen molar-refractivity contribution in [1.82, 2.24) is 0 Å². The normalized spacial score (nSPS) is 14.9. The van der Waals surface area contributed by atoms with Crippen molar-refractivity contribution in [3.8, 4) is 5.75 Å². The topological polar surface area (TPSA) is 64.3 Å². The number of hydrogen-bond acceptors (Lipinski definition) is 3. The van der Waals surface area contributed by atoms with Crippen LogP contribution in [-0.2, 0) is 4.79 Å². The van der Waals surface area contributed by atoms with Gasteiger partial charge in [0.25, 0.3) is 0 Å². The highest BCUT2D eigenvalue weighted by Gasteiger charge is 2.18. The number of amides is 1. The number of nitrogens with one attached hydrogen (secondary N) is 1. The Balaban J connectivity index is 2.03. The predicted molar refractivity (Wildman–Crippen MR) is 88.7 cm³/mol. The van der Waals surface area contributed by atoms with Crippen LogP contribution in [0.1, 0.15) is 44.1 Å². The van der Waals surface area contributed by atoms with Gasteiger partial charge in [-0.05, 0) is 24.5 Å². The van der Waals surface area contributed by atoms with E-state index < -0.39 is 0 Å². The van der Waals surface area contributed by atoms with Gasteiger partial charge in [0.1, 0.15) is 10.7 Å². The van der Waals surface area contributed by atoms with E-state index >= 15 is 0 Å². The Morgan fingerprint density at radius 3 is 2.76 bits per heavy atom. The third kappa shape index (κ3) is 4.17. The zero-order chi connectivity index (χ0) is 15.2.